The van der Waals surface area contributed by atoms with Crippen LogP contribution in [0.5, 0.6) is 0 Å². The summed E-state index contributed by atoms with van der Waals surface area (Å²) in [6.07, 6.45) is 6.98. The van der Waals surface area contributed by atoms with E-state index in [-0.39, 0.29) is 5.91 Å². The molecule has 0 saturated heterocycles. The number of nitriles is 1. The van der Waals surface area contributed by atoms with Crippen molar-refractivity contribution < 1.29 is 4.79 Å². The summed E-state index contributed by atoms with van der Waals surface area (Å²) in [5.74, 6) is -0.184. The summed E-state index contributed by atoms with van der Waals surface area (Å²) in [5, 5.41) is 12.6. The maximum Gasteiger partial charge on any atom is 0.253 e. The van der Waals surface area contributed by atoms with Crippen LogP contribution in [0.15, 0.2) is 27.1 Å². The molecule has 1 amide bonds. The van der Waals surface area contributed by atoms with Crippen molar-refractivity contribution in [2.24, 2.45) is 0 Å². The molecule has 3 nitrogen and oxygen atoms in total. The van der Waals surface area contributed by atoms with Crippen LogP contribution in [-0.2, 0) is 0 Å². The molecule has 1 aliphatic rings. The van der Waals surface area contributed by atoms with E-state index in [9.17, 15) is 10.1 Å². The van der Waals surface area contributed by atoms with Crippen molar-refractivity contribution in [1.82, 2.24) is 5.32 Å². The zero-order valence-corrected chi connectivity index (χ0v) is 15.0. The van der Waals surface area contributed by atoms with Gasteiger partial charge in [0.1, 0.15) is 5.54 Å². The summed E-state index contributed by atoms with van der Waals surface area (Å²) < 4.78 is 1.64. The van der Waals surface area contributed by atoms with E-state index in [1.165, 1.54) is 6.42 Å². The van der Waals surface area contributed by atoms with Crippen LogP contribution in [0.1, 0.15) is 55.3 Å². The van der Waals surface area contributed by atoms with Crippen molar-refractivity contribution in [2.75, 3.05) is 0 Å². The van der Waals surface area contributed by atoms with Crippen molar-refractivity contribution in [1.29, 1.82) is 5.26 Å². The largest absolute Gasteiger partial charge is 0.334 e. The van der Waals surface area contributed by atoms with Crippen molar-refractivity contribution >= 4 is 37.8 Å². The van der Waals surface area contributed by atoms with Gasteiger partial charge >= 0.3 is 0 Å². The molecule has 1 aromatic carbocycles. The molecule has 5 heteroatoms. The van der Waals surface area contributed by atoms with Gasteiger partial charge in [-0.1, -0.05) is 48.0 Å². The van der Waals surface area contributed by atoms with E-state index in [0.29, 0.717) is 5.56 Å². The highest BCUT2D eigenvalue weighted by Gasteiger charge is 2.32. The highest BCUT2D eigenvalue weighted by Crippen LogP contribution is 2.28. The van der Waals surface area contributed by atoms with Gasteiger partial charge in [0.15, 0.2) is 0 Å². The molecule has 1 aromatic rings. The molecule has 21 heavy (non-hydrogen) atoms. The van der Waals surface area contributed by atoms with Gasteiger partial charge in [0.25, 0.3) is 5.91 Å². The fourth-order valence-electron chi connectivity index (χ4n) is 2.73. The summed E-state index contributed by atoms with van der Waals surface area (Å²) in [6, 6.07) is 7.79. The fraction of sp³-hybridized carbons (Fsp3) is 0.500. The molecule has 112 valence electrons. The predicted molar refractivity (Wildman–Crippen MR) is 90.0 cm³/mol. The van der Waals surface area contributed by atoms with Crippen molar-refractivity contribution in [2.45, 2.75) is 50.5 Å². The first-order valence-corrected chi connectivity index (χ1v) is 8.84. The SMILES string of the molecule is N#CC1(NC(=O)c2ccc(Br)cc2Br)CCCCCCC1. The van der Waals surface area contributed by atoms with E-state index >= 15 is 0 Å². The first kappa shape index (κ1) is 16.5. The van der Waals surface area contributed by atoms with Gasteiger partial charge in [-0.15, -0.1) is 0 Å². The molecule has 0 aromatic heterocycles. The Morgan fingerprint density at radius 1 is 1.14 bits per heavy atom. The van der Waals surface area contributed by atoms with Gasteiger partial charge in [0.05, 0.1) is 11.6 Å². The molecule has 0 radical (unpaired) electrons. The zero-order chi connectivity index (χ0) is 15.3. The molecule has 0 bridgehead atoms. The second kappa shape index (κ2) is 7.42. The van der Waals surface area contributed by atoms with Crippen LogP contribution in [0.25, 0.3) is 0 Å². The van der Waals surface area contributed by atoms with Gasteiger partial charge in [-0.25, -0.2) is 0 Å². The van der Waals surface area contributed by atoms with Gasteiger partial charge in [-0.2, -0.15) is 5.26 Å². The third-order valence-electron chi connectivity index (χ3n) is 3.95. The molecule has 0 heterocycles. The van der Waals surface area contributed by atoms with Crippen LogP contribution in [0.4, 0.5) is 0 Å². The third-order valence-corrected chi connectivity index (χ3v) is 5.10. The van der Waals surface area contributed by atoms with E-state index in [2.05, 4.69) is 43.2 Å². The van der Waals surface area contributed by atoms with Crippen LogP contribution in [0.2, 0.25) is 0 Å². The highest BCUT2D eigenvalue weighted by atomic mass is 79.9. The zero-order valence-electron chi connectivity index (χ0n) is 11.8. The fourth-order valence-corrected chi connectivity index (χ4v) is 3.96. The van der Waals surface area contributed by atoms with Crippen LogP contribution < -0.4 is 5.32 Å². The second-order valence-electron chi connectivity index (χ2n) is 5.54. The minimum Gasteiger partial charge on any atom is -0.334 e. The van der Waals surface area contributed by atoms with E-state index in [1.54, 1.807) is 6.07 Å². The van der Waals surface area contributed by atoms with Gasteiger partial charge < -0.3 is 5.32 Å². The summed E-state index contributed by atoms with van der Waals surface area (Å²) >= 11 is 6.78. The second-order valence-corrected chi connectivity index (χ2v) is 7.31. The normalized spacial score (nSPS) is 18.1. The van der Waals surface area contributed by atoms with E-state index in [0.717, 1.165) is 47.5 Å². The molecule has 1 N–H and O–H groups in total. The lowest BCUT2D eigenvalue weighted by Gasteiger charge is -2.29. The molecule has 1 saturated carbocycles. The number of carbonyl (C=O) groups excluding carboxylic acids is 1. The Kier molecular flexibility index (Phi) is 5.83. The Bertz CT molecular complexity index is 558. The van der Waals surface area contributed by atoms with Gasteiger partial charge in [-0.05, 0) is 47.0 Å². The molecule has 0 aliphatic heterocycles. The van der Waals surface area contributed by atoms with E-state index in [4.69, 9.17) is 0 Å². The minimum absolute atomic E-state index is 0.184. The molecule has 0 atom stereocenters. The van der Waals surface area contributed by atoms with Crippen LogP contribution >= 0.6 is 31.9 Å². The summed E-state index contributed by atoms with van der Waals surface area (Å²) in [4.78, 5) is 12.5. The number of rotatable bonds is 2. The van der Waals surface area contributed by atoms with Gasteiger partial charge in [-0.3, -0.25) is 4.79 Å². The Balaban J connectivity index is 2.16. The monoisotopic (exact) mass is 412 g/mol. The van der Waals surface area contributed by atoms with Crippen molar-refractivity contribution in [3.05, 3.63) is 32.7 Å². The van der Waals surface area contributed by atoms with E-state index < -0.39 is 5.54 Å². The Hall–Kier alpha value is -0.860. The molecular weight excluding hydrogens is 396 g/mol. The number of hydrogen-bond donors (Lipinski definition) is 1. The first-order chi connectivity index (χ1) is 10.1. The maximum atomic E-state index is 12.5. The quantitative estimate of drug-likeness (QED) is 0.745. The highest BCUT2D eigenvalue weighted by molar-refractivity contribution is 9.11. The maximum absolute atomic E-state index is 12.5. The lowest BCUT2D eigenvalue weighted by molar-refractivity contribution is 0.0907. The summed E-state index contributed by atoms with van der Waals surface area (Å²) in [7, 11) is 0. The molecule has 0 unspecified atom stereocenters. The van der Waals surface area contributed by atoms with Crippen molar-refractivity contribution in [3.63, 3.8) is 0 Å². The number of hydrogen-bond acceptors (Lipinski definition) is 2. The Morgan fingerprint density at radius 3 is 2.33 bits per heavy atom. The lowest BCUT2D eigenvalue weighted by atomic mass is 9.85. The third kappa shape index (κ3) is 4.31. The number of carbonyl (C=O) groups is 1. The number of nitrogens with zero attached hydrogens (tertiary/aromatic N) is 1. The van der Waals surface area contributed by atoms with Gasteiger partial charge in [0.2, 0.25) is 0 Å². The number of benzene rings is 1. The number of amides is 1. The standard InChI is InChI=1S/C16H18Br2N2O/c17-12-6-7-13(14(18)10-12)15(21)20-16(11-19)8-4-2-1-3-5-9-16/h6-7,10H,1-5,8-9H2,(H,20,21). The number of halogens is 2. The molecular formula is C16H18Br2N2O. The van der Waals surface area contributed by atoms with E-state index in [1.807, 2.05) is 12.1 Å². The average Bonchev–Trinajstić information content (AvgIpc) is 2.42. The first-order valence-electron chi connectivity index (χ1n) is 7.25. The number of nitrogens with one attached hydrogen (secondary N) is 1. The smallest absolute Gasteiger partial charge is 0.253 e. The predicted octanol–water partition coefficient (Wildman–Crippen LogP) is 4.95. The summed E-state index contributed by atoms with van der Waals surface area (Å²) in [6.45, 7) is 0. The van der Waals surface area contributed by atoms with Gasteiger partial charge in [0, 0.05) is 8.95 Å². The summed E-state index contributed by atoms with van der Waals surface area (Å²) in [5.41, 5.74) is -0.154. The average molecular weight is 414 g/mol. The topological polar surface area (TPSA) is 52.9 Å². The molecule has 1 aliphatic carbocycles. The van der Waals surface area contributed by atoms with Crippen molar-refractivity contribution in [3.8, 4) is 6.07 Å². The molecule has 0 spiro atoms. The lowest BCUT2D eigenvalue weighted by Crippen LogP contribution is -2.47. The minimum atomic E-state index is -0.718. The Morgan fingerprint density at radius 2 is 1.76 bits per heavy atom. The van der Waals surface area contributed by atoms with Crippen LogP contribution in [0, 0.1) is 11.3 Å². The Labute approximate surface area is 142 Å². The molecule has 1 fully saturated rings. The van der Waals surface area contributed by atoms with Crippen LogP contribution in [0.3, 0.4) is 0 Å². The molecule has 2 rings (SSSR count). The van der Waals surface area contributed by atoms with Crippen LogP contribution in [-0.4, -0.2) is 11.4 Å².